The summed E-state index contributed by atoms with van der Waals surface area (Å²) in [5.41, 5.74) is 1.90. The Morgan fingerprint density at radius 2 is 2.07 bits per heavy atom. The summed E-state index contributed by atoms with van der Waals surface area (Å²) in [5, 5.41) is 10.6. The zero-order valence-corrected chi connectivity index (χ0v) is 16.9. The van der Waals surface area contributed by atoms with Gasteiger partial charge in [0.2, 0.25) is 5.91 Å². The molecule has 0 radical (unpaired) electrons. The maximum absolute atomic E-state index is 13.2. The van der Waals surface area contributed by atoms with Gasteiger partial charge in [0.1, 0.15) is 0 Å². The first-order valence-corrected chi connectivity index (χ1v) is 9.60. The van der Waals surface area contributed by atoms with E-state index in [1.165, 1.54) is 0 Å². The summed E-state index contributed by atoms with van der Waals surface area (Å²) >= 11 is 6.30. The van der Waals surface area contributed by atoms with E-state index < -0.39 is 0 Å². The summed E-state index contributed by atoms with van der Waals surface area (Å²) in [4.78, 5) is 29.1. The van der Waals surface area contributed by atoms with E-state index in [9.17, 15) is 9.59 Å². The molecule has 2 aromatic rings. The van der Waals surface area contributed by atoms with Crippen molar-refractivity contribution in [3.63, 3.8) is 0 Å². The third-order valence-corrected chi connectivity index (χ3v) is 5.59. The molecule has 4 rings (SSSR count). The van der Waals surface area contributed by atoms with Crippen molar-refractivity contribution in [3.8, 4) is 11.3 Å². The summed E-state index contributed by atoms with van der Waals surface area (Å²) in [7, 11) is 0. The summed E-state index contributed by atoms with van der Waals surface area (Å²) in [6, 6.07) is 7.46. The second kappa shape index (κ2) is 8.94. The predicted molar refractivity (Wildman–Crippen MR) is 110 cm³/mol. The van der Waals surface area contributed by atoms with E-state index in [4.69, 9.17) is 11.6 Å². The number of aromatic amines is 1. The molecule has 2 aliphatic heterocycles. The molecule has 7 nitrogen and oxygen atoms in total. The van der Waals surface area contributed by atoms with Crippen LogP contribution in [-0.2, 0) is 4.79 Å². The van der Waals surface area contributed by atoms with E-state index in [2.05, 4.69) is 15.5 Å². The van der Waals surface area contributed by atoms with Crippen LogP contribution in [0.4, 0.5) is 0 Å². The molecule has 150 valence electrons. The van der Waals surface area contributed by atoms with Crippen molar-refractivity contribution < 1.29 is 9.59 Å². The zero-order chi connectivity index (χ0) is 18.8. The van der Waals surface area contributed by atoms with Crippen LogP contribution >= 0.6 is 24.0 Å². The lowest BCUT2D eigenvalue weighted by Gasteiger charge is -2.41. The molecular weight excluding hydrogens is 401 g/mol. The molecule has 3 heterocycles. The van der Waals surface area contributed by atoms with Crippen molar-refractivity contribution in [2.24, 2.45) is 0 Å². The van der Waals surface area contributed by atoms with Crippen LogP contribution in [0.25, 0.3) is 11.3 Å². The van der Waals surface area contributed by atoms with E-state index in [0.717, 1.165) is 24.9 Å². The highest BCUT2D eigenvalue weighted by molar-refractivity contribution is 6.33. The van der Waals surface area contributed by atoms with Crippen LogP contribution in [0, 0.1) is 0 Å². The number of carbonyl (C=O) groups excluding carboxylic acids is 2. The summed E-state index contributed by atoms with van der Waals surface area (Å²) < 4.78 is 0. The minimum atomic E-state index is -0.0778. The first-order chi connectivity index (χ1) is 13.1. The molecule has 1 atom stereocenters. The molecule has 1 aromatic heterocycles. The van der Waals surface area contributed by atoms with E-state index in [-0.39, 0.29) is 30.3 Å². The lowest BCUT2D eigenvalue weighted by molar-refractivity contribution is -0.135. The second-order valence-electron chi connectivity index (χ2n) is 6.95. The van der Waals surface area contributed by atoms with Crippen LogP contribution < -0.4 is 5.32 Å². The number of piperidine rings is 1. The molecule has 1 unspecified atom stereocenters. The van der Waals surface area contributed by atoms with Gasteiger partial charge in [-0.3, -0.25) is 14.7 Å². The molecule has 1 aromatic carbocycles. The fraction of sp³-hybridized carbons (Fsp3) is 0.421. The van der Waals surface area contributed by atoms with Gasteiger partial charge in [0.15, 0.2) is 0 Å². The van der Waals surface area contributed by atoms with Crippen LogP contribution in [0.2, 0.25) is 5.02 Å². The van der Waals surface area contributed by atoms with Gasteiger partial charge in [0, 0.05) is 42.8 Å². The lowest BCUT2D eigenvalue weighted by atomic mass is 10.0. The number of nitrogens with one attached hydrogen (secondary N) is 2. The molecule has 28 heavy (non-hydrogen) atoms. The van der Waals surface area contributed by atoms with Crippen LogP contribution in [0.15, 0.2) is 30.5 Å². The first-order valence-electron chi connectivity index (χ1n) is 9.23. The lowest BCUT2D eigenvalue weighted by Crippen LogP contribution is -2.57. The zero-order valence-electron chi connectivity index (χ0n) is 15.4. The molecule has 9 heteroatoms. The highest BCUT2D eigenvalue weighted by Gasteiger charge is 2.33. The topological polar surface area (TPSA) is 81.3 Å². The van der Waals surface area contributed by atoms with Crippen LogP contribution in [0.1, 0.15) is 23.2 Å². The number of aromatic nitrogens is 2. The SMILES string of the molecule is Cl.O=C(c1cn[nH]c1-c1ccccc1Cl)N1CCCC(N2CCNCC2=O)C1. The number of halogens is 2. The van der Waals surface area contributed by atoms with Gasteiger partial charge in [-0.2, -0.15) is 5.10 Å². The predicted octanol–water partition coefficient (Wildman–Crippen LogP) is 2.19. The summed E-state index contributed by atoms with van der Waals surface area (Å²) in [5.74, 6) is 0.0339. The Morgan fingerprint density at radius 3 is 2.86 bits per heavy atom. The maximum atomic E-state index is 13.2. The normalized spacial score (nSPS) is 20.0. The number of carbonyl (C=O) groups is 2. The van der Waals surface area contributed by atoms with E-state index in [1.54, 1.807) is 12.3 Å². The van der Waals surface area contributed by atoms with E-state index >= 15 is 0 Å². The Labute approximate surface area is 174 Å². The molecule has 0 spiro atoms. The van der Waals surface area contributed by atoms with Crippen molar-refractivity contribution in [1.29, 1.82) is 0 Å². The first kappa shape index (κ1) is 20.6. The number of hydrogen-bond acceptors (Lipinski definition) is 4. The van der Waals surface area contributed by atoms with Gasteiger partial charge < -0.3 is 15.1 Å². The average molecular weight is 424 g/mol. The van der Waals surface area contributed by atoms with E-state index in [0.29, 0.717) is 42.5 Å². The van der Waals surface area contributed by atoms with E-state index in [1.807, 2.05) is 28.0 Å². The van der Waals surface area contributed by atoms with Crippen molar-refractivity contribution in [2.75, 3.05) is 32.7 Å². The molecule has 2 fully saturated rings. The maximum Gasteiger partial charge on any atom is 0.257 e. The summed E-state index contributed by atoms with van der Waals surface area (Å²) in [6.45, 7) is 3.11. The van der Waals surface area contributed by atoms with Gasteiger partial charge in [-0.05, 0) is 18.9 Å². The van der Waals surface area contributed by atoms with Gasteiger partial charge in [-0.25, -0.2) is 0 Å². The van der Waals surface area contributed by atoms with Gasteiger partial charge in [0.25, 0.3) is 5.91 Å². The average Bonchev–Trinajstić information content (AvgIpc) is 3.18. The van der Waals surface area contributed by atoms with Crippen molar-refractivity contribution in [1.82, 2.24) is 25.3 Å². The van der Waals surface area contributed by atoms with Gasteiger partial charge in [0.05, 0.1) is 24.0 Å². The molecule has 2 amide bonds. The molecule has 0 saturated carbocycles. The standard InChI is InChI=1S/C19H22ClN5O2.ClH/c20-16-6-2-1-5-14(16)18-15(10-22-23-18)19(27)24-8-3-4-13(12-24)25-9-7-21-11-17(25)26;/h1-2,5-6,10,13,21H,3-4,7-9,11-12H2,(H,22,23);1H. The molecule has 2 aliphatic rings. The van der Waals surface area contributed by atoms with Crippen molar-refractivity contribution in [2.45, 2.75) is 18.9 Å². The highest BCUT2D eigenvalue weighted by Crippen LogP contribution is 2.30. The van der Waals surface area contributed by atoms with Gasteiger partial charge in [-0.1, -0.05) is 29.8 Å². The second-order valence-corrected chi connectivity index (χ2v) is 7.36. The third kappa shape index (κ3) is 4.01. The van der Waals surface area contributed by atoms with Gasteiger partial charge in [-0.15, -0.1) is 12.4 Å². The fourth-order valence-corrected chi connectivity index (χ4v) is 4.12. The highest BCUT2D eigenvalue weighted by atomic mass is 35.5. The molecular formula is C19H23Cl2N5O2. The molecule has 2 saturated heterocycles. The van der Waals surface area contributed by atoms with Crippen LogP contribution in [0.5, 0.6) is 0 Å². The fourth-order valence-electron chi connectivity index (χ4n) is 3.89. The van der Waals surface area contributed by atoms with Gasteiger partial charge >= 0.3 is 0 Å². The molecule has 2 N–H and O–H groups in total. The molecule has 0 bridgehead atoms. The minimum Gasteiger partial charge on any atom is -0.336 e. The number of hydrogen-bond donors (Lipinski definition) is 2. The van der Waals surface area contributed by atoms with Crippen molar-refractivity contribution in [3.05, 3.63) is 41.0 Å². The quantitative estimate of drug-likeness (QED) is 0.792. The Balaban J connectivity index is 0.00000225. The molecule has 0 aliphatic carbocycles. The number of H-pyrrole nitrogens is 1. The van der Waals surface area contributed by atoms with Crippen LogP contribution in [-0.4, -0.2) is 70.6 Å². The number of benzene rings is 1. The number of rotatable bonds is 3. The number of nitrogens with zero attached hydrogens (tertiary/aromatic N) is 3. The van der Waals surface area contributed by atoms with Crippen molar-refractivity contribution >= 4 is 35.8 Å². The minimum absolute atomic E-state index is 0. The number of amides is 2. The Morgan fingerprint density at radius 1 is 1.25 bits per heavy atom. The monoisotopic (exact) mass is 423 g/mol. The smallest absolute Gasteiger partial charge is 0.257 e. The summed E-state index contributed by atoms with van der Waals surface area (Å²) in [6.07, 6.45) is 3.37. The number of piperazine rings is 1. The Hall–Kier alpha value is -2.09. The number of likely N-dealkylation sites (tertiary alicyclic amines) is 1. The van der Waals surface area contributed by atoms with Crippen LogP contribution in [0.3, 0.4) is 0 Å². The largest absolute Gasteiger partial charge is 0.336 e. The Bertz CT molecular complexity index is 856. The Kier molecular flexibility index (Phi) is 6.59. The third-order valence-electron chi connectivity index (χ3n) is 5.26.